The fraction of sp³-hybridized carbons (Fsp3) is 0.444. The van der Waals surface area contributed by atoms with Gasteiger partial charge in [-0.25, -0.2) is 4.39 Å². The first kappa shape index (κ1) is 31.7. The number of hydrogen-bond donors (Lipinski definition) is 2. The van der Waals surface area contributed by atoms with E-state index in [1.54, 1.807) is 19.1 Å². The van der Waals surface area contributed by atoms with Gasteiger partial charge in [-0.05, 0) is 86.8 Å². The van der Waals surface area contributed by atoms with E-state index in [2.05, 4.69) is 16.8 Å². The van der Waals surface area contributed by atoms with Crippen molar-refractivity contribution in [3.05, 3.63) is 84.3 Å². The monoisotopic (exact) mass is 604 g/mol. The van der Waals surface area contributed by atoms with E-state index >= 15 is 0 Å². The van der Waals surface area contributed by atoms with E-state index in [0.29, 0.717) is 25.0 Å². The molecule has 1 unspecified atom stereocenters. The van der Waals surface area contributed by atoms with E-state index in [1.165, 1.54) is 31.2 Å². The Balaban J connectivity index is 0.000000229. The molecule has 0 aliphatic carbocycles. The standard InChI is InChI=1S/C25H32FNO3.C11H13NO2/c1-2-3-4-5-13-27-14-12-23(19-6-8-21(26)9-7-19)20(16-27)17-28-22-10-11-24-25(15-22)30-18-29-24;1-8(13)7-14-11-4-2-3-10-9(11)5-6-12-10/h6-11,15,20,23H,2-5,12-14,16-18H2,1H3;2-6,8,12-13H,7H2,1H3/t20-,23-;/m0./s1. The Labute approximate surface area is 259 Å². The zero-order chi connectivity index (χ0) is 30.7. The van der Waals surface area contributed by atoms with E-state index in [1.807, 2.05) is 60.8 Å². The van der Waals surface area contributed by atoms with Crippen LogP contribution in [0.3, 0.4) is 0 Å². The van der Waals surface area contributed by atoms with Crippen LogP contribution in [0.25, 0.3) is 10.9 Å². The lowest BCUT2D eigenvalue weighted by molar-refractivity contribution is 0.109. The predicted molar refractivity (Wildman–Crippen MR) is 171 cm³/mol. The molecule has 0 saturated carbocycles. The zero-order valence-electron chi connectivity index (χ0n) is 25.8. The molecule has 8 heteroatoms. The number of fused-ring (bicyclic) bond motifs is 2. The van der Waals surface area contributed by atoms with Gasteiger partial charge in [-0.1, -0.05) is 44.4 Å². The first-order valence-corrected chi connectivity index (χ1v) is 15.9. The van der Waals surface area contributed by atoms with Crippen LogP contribution in [0.15, 0.2) is 72.9 Å². The molecule has 236 valence electrons. The van der Waals surface area contributed by atoms with Gasteiger partial charge in [0.15, 0.2) is 11.5 Å². The van der Waals surface area contributed by atoms with Gasteiger partial charge in [0, 0.05) is 35.6 Å². The van der Waals surface area contributed by atoms with Gasteiger partial charge >= 0.3 is 0 Å². The summed E-state index contributed by atoms with van der Waals surface area (Å²) in [5, 5.41) is 10.2. The van der Waals surface area contributed by atoms with Gasteiger partial charge in [-0.3, -0.25) is 0 Å². The lowest BCUT2D eigenvalue weighted by Crippen LogP contribution is -2.42. The summed E-state index contributed by atoms with van der Waals surface area (Å²) in [4.78, 5) is 5.68. The number of benzene rings is 3. The fourth-order valence-corrected chi connectivity index (χ4v) is 5.95. The molecule has 1 aromatic heterocycles. The zero-order valence-corrected chi connectivity index (χ0v) is 25.8. The summed E-state index contributed by atoms with van der Waals surface area (Å²) in [5.41, 5.74) is 2.26. The van der Waals surface area contributed by atoms with Gasteiger partial charge < -0.3 is 33.9 Å². The van der Waals surface area contributed by atoms with Gasteiger partial charge in [0.05, 0.1) is 12.7 Å². The molecule has 3 heterocycles. The number of hydrogen-bond acceptors (Lipinski definition) is 6. The maximum absolute atomic E-state index is 13.4. The number of unbranched alkanes of at least 4 members (excludes halogenated alkanes) is 3. The van der Waals surface area contributed by atoms with Gasteiger partial charge in [0.25, 0.3) is 0 Å². The summed E-state index contributed by atoms with van der Waals surface area (Å²) in [5.74, 6) is 3.68. The van der Waals surface area contributed by atoms with Gasteiger partial charge in [0.2, 0.25) is 6.79 Å². The number of likely N-dealkylation sites (tertiary alicyclic amines) is 1. The van der Waals surface area contributed by atoms with Crippen LogP contribution in [0, 0.1) is 11.7 Å². The second-order valence-electron chi connectivity index (χ2n) is 11.7. The van der Waals surface area contributed by atoms with Gasteiger partial charge in [-0.15, -0.1) is 0 Å². The summed E-state index contributed by atoms with van der Waals surface area (Å²) >= 11 is 0. The largest absolute Gasteiger partial charge is 0.493 e. The van der Waals surface area contributed by atoms with Crippen molar-refractivity contribution in [1.29, 1.82) is 0 Å². The number of piperidine rings is 1. The average Bonchev–Trinajstić information content (AvgIpc) is 3.72. The first-order valence-electron chi connectivity index (χ1n) is 15.9. The summed E-state index contributed by atoms with van der Waals surface area (Å²) in [6.45, 7) is 8.43. The Kier molecular flexibility index (Phi) is 11.4. The smallest absolute Gasteiger partial charge is 0.231 e. The minimum absolute atomic E-state index is 0.180. The Morgan fingerprint density at radius 2 is 1.84 bits per heavy atom. The van der Waals surface area contributed by atoms with Crippen LogP contribution >= 0.6 is 0 Å². The number of aliphatic hydroxyl groups excluding tert-OH is 1. The Morgan fingerprint density at radius 1 is 1.00 bits per heavy atom. The van der Waals surface area contributed by atoms with Crippen LogP contribution < -0.4 is 18.9 Å². The molecule has 0 bridgehead atoms. The molecule has 2 aliphatic rings. The van der Waals surface area contributed by atoms with Crippen LogP contribution in [0.5, 0.6) is 23.0 Å². The number of aromatic nitrogens is 1. The van der Waals surface area contributed by atoms with E-state index in [4.69, 9.17) is 24.1 Å². The van der Waals surface area contributed by atoms with Crippen molar-refractivity contribution in [2.45, 2.75) is 58.0 Å². The van der Waals surface area contributed by atoms with Crippen molar-refractivity contribution in [3.63, 3.8) is 0 Å². The molecule has 1 saturated heterocycles. The number of H-pyrrole nitrogens is 1. The van der Waals surface area contributed by atoms with E-state index in [-0.39, 0.29) is 12.6 Å². The fourth-order valence-electron chi connectivity index (χ4n) is 5.95. The maximum Gasteiger partial charge on any atom is 0.231 e. The van der Waals surface area contributed by atoms with Crippen LogP contribution in [0.1, 0.15) is 57.4 Å². The number of nitrogens with zero attached hydrogens (tertiary/aromatic N) is 1. The molecule has 0 spiro atoms. The van der Waals surface area contributed by atoms with Crippen LogP contribution in [0.2, 0.25) is 0 Å². The highest BCUT2D eigenvalue weighted by molar-refractivity contribution is 5.85. The highest BCUT2D eigenvalue weighted by Gasteiger charge is 2.31. The number of halogens is 1. The van der Waals surface area contributed by atoms with Crippen LogP contribution in [-0.4, -0.2) is 60.7 Å². The average molecular weight is 605 g/mol. The second kappa shape index (κ2) is 15.8. The van der Waals surface area contributed by atoms with Crippen molar-refractivity contribution in [2.24, 2.45) is 5.92 Å². The number of aromatic amines is 1. The third-order valence-electron chi connectivity index (χ3n) is 8.29. The molecular formula is C36H45FN2O5. The SMILES string of the molecule is CC(O)COc1cccc2[nH]ccc12.CCCCCCN1CC[C@@H](c2ccc(F)cc2)[C@H](COc2ccc3c(c2)OCO3)C1. The number of nitrogens with one attached hydrogen (secondary N) is 1. The molecule has 1 fully saturated rings. The number of ether oxygens (including phenoxy) is 4. The summed E-state index contributed by atoms with van der Waals surface area (Å²) in [6, 6.07) is 20.5. The molecule has 7 nitrogen and oxygen atoms in total. The third-order valence-corrected chi connectivity index (χ3v) is 8.29. The van der Waals surface area contributed by atoms with E-state index in [9.17, 15) is 4.39 Å². The third kappa shape index (κ3) is 8.67. The van der Waals surface area contributed by atoms with Crippen molar-refractivity contribution in [1.82, 2.24) is 9.88 Å². The van der Waals surface area contributed by atoms with Crippen LogP contribution in [-0.2, 0) is 0 Å². The molecule has 2 N–H and O–H groups in total. The topological polar surface area (TPSA) is 76.2 Å². The number of aliphatic hydroxyl groups is 1. The quantitative estimate of drug-likeness (QED) is 0.163. The molecular weight excluding hydrogens is 559 g/mol. The predicted octanol–water partition coefficient (Wildman–Crippen LogP) is 7.55. The minimum Gasteiger partial charge on any atom is -0.493 e. The molecule has 0 amide bonds. The van der Waals surface area contributed by atoms with E-state index < -0.39 is 6.10 Å². The summed E-state index contributed by atoms with van der Waals surface area (Å²) in [6.07, 6.45) is 7.64. The van der Waals surface area contributed by atoms with Crippen molar-refractivity contribution in [2.75, 3.05) is 39.6 Å². The molecule has 0 radical (unpaired) electrons. The molecule has 6 rings (SSSR count). The van der Waals surface area contributed by atoms with Crippen LogP contribution in [0.4, 0.5) is 4.39 Å². The van der Waals surface area contributed by atoms with Gasteiger partial charge in [-0.2, -0.15) is 0 Å². The maximum atomic E-state index is 13.4. The molecule has 4 aromatic rings. The van der Waals surface area contributed by atoms with Gasteiger partial charge in [0.1, 0.15) is 23.9 Å². The Morgan fingerprint density at radius 3 is 2.66 bits per heavy atom. The first-order chi connectivity index (χ1) is 21.5. The normalized spacial score (nSPS) is 18.5. The van der Waals surface area contributed by atoms with Crippen molar-refractivity contribution < 1.29 is 28.4 Å². The highest BCUT2D eigenvalue weighted by Crippen LogP contribution is 2.37. The molecule has 44 heavy (non-hydrogen) atoms. The molecule has 3 atom stereocenters. The Bertz CT molecular complexity index is 1440. The van der Waals surface area contributed by atoms with Crippen molar-refractivity contribution >= 4 is 10.9 Å². The highest BCUT2D eigenvalue weighted by atomic mass is 19.1. The van der Waals surface area contributed by atoms with Crippen molar-refractivity contribution in [3.8, 4) is 23.0 Å². The lowest BCUT2D eigenvalue weighted by Gasteiger charge is -2.39. The Hall–Kier alpha value is -3.75. The van der Waals surface area contributed by atoms with E-state index in [0.717, 1.165) is 60.0 Å². The molecule has 2 aliphatic heterocycles. The lowest BCUT2D eigenvalue weighted by atomic mass is 9.80. The second-order valence-corrected chi connectivity index (χ2v) is 11.7. The minimum atomic E-state index is -0.441. The summed E-state index contributed by atoms with van der Waals surface area (Å²) < 4.78 is 36.0. The molecule has 3 aromatic carbocycles. The number of rotatable bonds is 12. The summed E-state index contributed by atoms with van der Waals surface area (Å²) in [7, 11) is 0.